The van der Waals surface area contributed by atoms with Crippen LogP contribution in [0.5, 0.6) is 0 Å². The van der Waals surface area contributed by atoms with Crippen LogP contribution in [0.25, 0.3) is 0 Å². The van der Waals surface area contributed by atoms with E-state index in [2.05, 4.69) is 10.3 Å². The normalized spacial score (nSPS) is 15.1. The van der Waals surface area contributed by atoms with E-state index in [0.29, 0.717) is 5.69 Å². The van der Waals surface area contributed by atoms with E-state index < -0.39 is 4.92 Å². The van der Waals surface area contributed by atoms with Crippen LogP contribution in [0.2, 0.25) is 0 Å². The molecule has 2 rings (SSSR count). The molecule has 0 aromatic carbocycles. The number of nitrogens with zero attached hydrogens (tertiary/aromatic N) is 3. The van der Waals surface area contributed by atoms with E-state index in [9.17, 15) is 14.9 Å². The molecule has 0 bridgehead atoms. The number of rotatable bonds is 4. The number of pyridine rings is 1. The van der Waals surface area contributed by atoms with E-state index in [-0.39, 0.29) is 18.1 Å². The molecular formula is C12H16N4O3. The van der Waals surface area contributed by atoms with Gasteiger partial charge in [-0.25, -0.2) is 0 Å². The first-order valence-corrected chi connectivity index (χ1v) is 6.28. The minimum atomic E-state index is -0.513. The Morgan fingerprint density at radius 3 is 2.84 bits per heavy atom. The Bertz CT molecular complexity index is 472. The lowest BCUT2D eigenvalue weighted by molar-refractivity contribution is -0.384. The molecule has 7 nitrogen and oxygen atoms in total. The summed E-state index contributed by atoms with van der Waals surface area (Å²) >= 11 is 0. The van der Waals surface area contributed by atoms with E-state index >= 15 is 0 Å². The first-order chi connectivity index (χ1) is 9.18. The molecule has 0 saturated carbocycles. The Balaban J connectivity index is 1.94. The standard InChI is InChI=1S/C12H16N4O3/c17-12(15-6-2-1-3-7-15)9-14-10-4-5-13-8-11(10)16(18)19/h4-5,8H,1-3,6-7,9H2,(H,13,14). The number of anilines is 1. The Labute approximate surface area is 110 Å². The maximum Gasteiger partial charge on any atom is 0.310 e. The largest absolute Gasteiger partial charge is 0.370 e. The number of hydrogen-bond donors (Lipinski definition) is 1. The maximum atomic E-state index is 11.9. The number of nitro groups is 1. The summed E-state index contributed by atoms with van der Waals surface area (Å²) in [7, 11) is 0. The molecular weight excluding hydrogens is 248 g/mol. The molecule has 1 fully saturated rings. The SMILES string of the molecule is O=C(CNc1ccncc1[N+](=O)[O-])N1CCCCC1. The Morgan fingerprint density at radius 1 is 1.42 bits per heavy atom. The van der Waals surface area contributed by atoms with Crippen molar-refractivity contribution < 1.29 is 9.72 Å². The minimum Gasteiger partial charge on any atom is -0.370 e. The van der Waals surface area contributed by atoms with E-state index in [4.69, 9.17) is 0 Å². The summed E-state index contributed by atoms with van der Waals surface area (Å²) in [5, 5.41) is 13.6. The zero-order valence-corrected chi connectivity index (χ0v) is 10.5. The predicted octanol–water partition coefficient (Wildman–Crippen LogP) is 1.41. The zero-order chi connectivity index (χ0) is 13.7. The Kier molecular flexibility index (Phi) is 4.27. The van der Waals surface area contributed by atoms with Crippen LogP contribution in [-0.4, -0.2) is 40.3 Å². The monoisotopic (exact) mass is 264 g/mol. The van der Waals surface area contributed by atoms with Crippen LogP contribution in [-0.2, 0) is 4.79 Å². The molecule has 1 aliphatic heterocycles. The van der Waals surface area contributed by atoms with Crippen LogP contribution >= 0.6 is 0 Å². The van der Waals surface area contributed by atoms with Gasteiger partial charge in [0.2, 0.25) is 5.91 Å². The average molecular weight is 264 g/mol. The summed E-state index contributed by atoms with van der Waals surface area (Å²) in [6.07, 6.45) is 5.85. The smallest absolute Gasteiger partial charge is 0.310 e. The fraction of sp³-hybridized carbons (Fsp3) is 0.500. The van der Waals surface area contributed by atoms with Gasteiger partial charge < -0.3 is 10.2 Å². The molecule has 19 heavy (non-hydrogen) atoms. The zero-order valence-electron chi connectivity index (χ0n) is 10.5. The van der Waals surface area contributed by atoms with Gasteiger partial charge in [-0.3, -0.25) is 19.9 Å². The second-order valence-electron chi connectivity index (χ2n) is 4.44. The lowest BCUT2D eigenvalue weighted by atomic mass is 10.1. The van der Waals surface area contributed by atoms with Crippen molar-refractivity contribution in [3.05, 3.63) is 28.6 Å². The maximum absolute atomic E-state index is 11.9. The van der Waals surface area contributed by atoms with Gasteiger partial charge in [0.1, 0.15) is 11.9 Å². The lowest BCUT2D eigenvalue weighted by Crippen LogP contribution is -2.39. The summed E-state index contributed by atoms with van der Waals surface area (Å²) in [6.45, 7) is 1.63. The second kappa shape index (κ2) is 6.12. The molecule has 1 saturated heterocycles. The van der Waals surface area contributed by atoms with Crippen molar-refractivity contribution in [2.75, 3.05) is 25.0 Å². The number of carbonyl (C=O) groups excluding carboxylic acids is 1. The highest BCUT2D eigenvalue weighted by atomic mass is 16.6. The Hall–Kier alpha value is -2.18. The number of amides is 1. The third-order valence-corrected chi connectivity index (χ3v) is 3.14. The van der Waals surface area contributed by atoms with Crippen molar-refractivity contribution in [2.45, 2.75) is 19.3 Å². The van der Waals surface area contributed by atoms with Crippen LogP contribution in [0.1, 0.15) is 19.3 Å². The molecule has 7 heteroatoms. The van der Waals surface area contributed by atoms with Crippen LogP contribution in [0.4, 0.5) is 11.4 Å². The molecule has 0 atom stereocenters. The third-order valence-electron chi connectivity index (χ3n) is 3.14. The molecule has 1 aromatic rings. The molecule has 1 amide bonds. The van der Waals surface area contributed by atoms with E-state index in [0.717, 1.165) is 32.4 Å². The van der Waals surface area contributed by atoms with Crippen LogP contribution in [0, 0.1) is 10.1 Å². The highest BCUT2D eigenvalue weighted by Crippen LogP contribution is 2.21. The first kappa shape index (κ1) is 13.3. The molecule has 102 valence electrons. The number of piperidine rings is 1. The summed E-state index contributed by atoms with van der Waals surface area (Å²) in [5.74, 6) is -0.0224. The quantitative estimate of drug-likeness (QED) is 0.656. The van der Waals surface area contributed by atoms with Crippen LogP contribution < -0.4 is 5.32 Å². The Morgan fingerprint density at radius 2 is 2.16 bits per heavy atom. The highest BCUT2D eigenvalue weighted by Gasteiger charge is 2.18. The lowest BCUT2D eigenvalue weighted by Gasteiger charge is -2.26. The molecule has 1 aromatic heterocycles. The van der Waals surface area contributed by atoms with E-state index in [1.165, 1.54) is 18.5 Å². The molecule has 1 N–H and O–H groups in total. The van der Waals surface area contributed by atoms with Crippen molar-refractivity contribution in [1.29, 1.82) is 0 Å². The van der Waals surface area contributed by atoms with Gasteiger partial charge in [-0.2, -0.15) is 0 Å². The molecule has 0 unspecified atom stereocenters. The number of aromatic nitrogens is 1. The van der Waals surface area contributed by atoms with Gasteiger partial charge in [0.25, 0.3) is 0 Å². The fourth-order valence-corrected chi connectivity index (χ4v) is 2.11. The third kappa shape index (κ3) is 3.40. The van der Waals surface area contributed by atoms with Gasteiger partial charge in [0.05, 0.1) is 11.5 Å². The van der Waals surface area contributed by atoms with Crippen LogP contribution in [0.15, 0.2) is 18.5 Å². The summed E-state index contributed by atoms with van der Waals surface area (Å²) in [6, 6.07) is 1.50. The number of hydrogen-bond acceptors (Lipinski definition) is 5. The molecule has 0 aliphatic carbocycles. The van der Waals surface area contributed by atoms with Gasteiger partial charge in [-0.15, -0.1) is 0 Å². The van der Waals surface area contributed by atoms with Gasteiger partial charge in [0, 0.05) is 19.3 Å². The summed E-state index contributed by atoms with van der Waals surface area (Å²) in [4.78, 5) is 27.7. The highest BCUT2D eigenvalue weighted by molar-refractivity contribution is 5.81. The van der Waals surface area contributed by atoms with Gasteiger partial charge in [-0.05, 0) is 25.3 Å². The summed E-state index contributed by atoms with van der Waals surface area (Å²) in [5.41, 5.74) is 0.208. The van der Waals surface area contributed by atoms with Crippen molar-refractivity contribution in [2.24, 2.45) is 0 Å². The van der Waals surface area contributed by atoms with E-state index in [1.54, 1.807) is 4.90 Å². The second-order valence-corrected chi connectivity index (χ2v) is 4.44. The van der Waals surface area contributed by atoms with Crippen molar-refractivity contribution in [3.63, 3.8) is 0 Å². The molecule has 0 spiro atoms. The van der Waals surface area contributed by atoms with Gasteiger partial charge in [0.15, 0.2) is 0 Å². The average Bonchev–Trinajstić information content (AvgIpc) is 2.46. The minimum absolute atomic E-state index is 0.0224. The first-order valence-electron chi connectivity index (χ1n) is 6.28. The number of nitrogens with one attached hydrogen (secondary N) is 1. The van der Waals surface area contributed by atoms with Crippen molar-refractivity contribution in [1.82, 2.24) is 9.88 Å². The predicted molar refractivity (Wildman–Crippen MR) is 69.8 cm³/mol. The summed E-state index contributed by atoms with van der Waals surface area (Å²) < 4.78 is 0. The molecule has 0 radical (unpaired) electrons. The fourth-order valence-electron chi connectivity index (χ4n) is 2.11. The number of likely N-dealkylation sites (tertiary alicyclic amines) is 1. The van der Waals surface area contributed by atoms with Crippen molar-refractivity contribution in [3.8, 4) is 0 Å². The molecule has 2 heterocycles. The van der Waals surface area contributed by atoms with E-state index in [1.807, 2.05) is 0 Å². The topological polar surface area (TPSA) is 88.4 Å². The number of carbonyl (C=O) groups is 1. The molecule has 1 aliphatic rings. The van der Waals surface area contributed by atoms with Crippen LogP contribution in [0.3, 0.4) is 0 Å². The van der Waals surface area contributed by atoms with Crippen molar-refractivity contribution >= 4 is 17.3 Å². The van der Waals surface area contributed by atoms with Gasteiger partial charge >= 0.3 is 5.69 Å². The van der Waals surface area contributed by atoms with Gasteiger partial charge in [-0.1, -0.05) is 0 Å².